The number of carbonyl (C=O) groups excluding carboxylic acids is 1. The predicted octanol–water partition coefficient (Wildman–Crippen LogP) is 2.80. The molecule has 2 N–H and O–H groups in total. The van der Waals surface area contributed by atoms with E-state index >= 15 is 0 Å². The summed E-state index contributed by atoms with van der Waals surface area (Å²) in [5.41, 5.74) is -0.899. The van der Waals surface area contributed by atoms with Gasteiger partial charge in [-0.1, -0.05) is 6.07 Å². The Hall–Kier alpha value is -3.93. The van der Waals surface area contributed by atoms with Gasteiger partial charge in [-0.15, -0.1) is 0 Å². The maximum Gasteiger partial charge on any atom is 0.416 e. The number of rotatable bonds is 8. The molecule has 0 bridgehead atoms. The second-order valence-corrected chi connectivity index (χ2v) is 7.23. The largest absolute Gasteiger partial charge is 0.493 e. The first-order valence-electron chi connectivity index (χ1n) is 10.0. The van der Waals surface area contributed by atoms with Gasteiger partial charge in [-0.2, -0.15) is 18.3 Å². The fraction of sp³-hybridized carbons (Fsp3) is 0.273. The first-order chi connectivity index (χ1) is 16.2. The number of nitrogens with one attached hydrogen (secondary N) is 1. The number of hydrogen-bond donors (Lipinski definition) is 2. The number of fused-ring (bicyclic) bond motifs is 1. The lowest BCUT2D eigenvalue weighted by atomic mass is 10.2. The summed E-state index contributed by atoms with van der Waals surface area (Å²) in [6.45, 7) is -0.154. The molecule has 0 saturated heterocycles. The molecule has 1 atom stereocenters. The average molecular weight is 479 g/mol. The van der Waals surface area contributed by atoms with Gasteiger partial charge < -0.3 is 29.4 Å². The molecule has 1 amide bonds. The first-order valence-corrected chi connectivity index (χ1v) is 10.0. The molecule has 12 heteroatoms. The van der Waals surface area contributed by atoms with Gasteiger partial charge in [0.15, 0.2) is 22.9 Å². The summed E-state index contributed by atoms with van der Waals surface area (Å²) in [5, 5.41) is 16.7. The van der Waals surface area contributed by atoms with Crippen LogP contribution in [0.15, 0.2) is 48.7 Å². The summed E-state index contributed by atoms with van der Waals surface area (Å²) in [4.78, 5) is 12.6. The van der Waals surface area contributed by atoms with Crippen LogP contribution in [0.1, 0.15) is 16.1 Å². The van der Waals surface area contributed by atoms with E-state index in [9.17, 15) is 23.1 Å². The molecular weight excluding hydrogens is 459 g/mol. The third-order valence-corrected chi connectivity index (χ3v) is 4.84. The van der Waals surface area contributed by atoms with Crippen molar-refractivity contribution >= 4 is 5.91 Å². The number of aromatic nitrogens is 2. The van der Waals surface area contributed by atoms with E-state index in [-0.39, 0.29) is 37.1 Å². The molecule has 1 unspecified atom stereocenters. The molecule has 180 valence electrons. The number of alkyl halides is 3. The van der Waals surface area contributed by atoms with E-state index in [4.69, 9.17) is 18.9 Å². The van der Waals surface area contributed by atoms with Gasteiger partial charge in [-0.3, -0.25) is 4.79 Å². The number of amides is 1. The van der Waals surface area contributed by atoms with Gasteiger partial charge in [0.1, 0.15) is 18.5 Å². The molecule has 0 saturated carbocycles. The molecule has 2 aromatic carbocycles. The average Bonchev–Trinajstić information content (AvgIpc) is 3.47. The Morgan fingerprint density at radius 3 is 2.79 bits per heavy atom. The minimum Gasteiger partial charge on any atom is -0.493 e. The third kappa shape index (κ3) is 5.17. The number of nitrogens with zero attached hydrogens (tertiary/aromatic N) is 2. The normalized spacial score (nSPS) is 13.4. The van der Waals surface area contributed by atoms with E-state index in [1.807, 2.05) is 0 Å². The van der Waals surface area contributed by atoms with E-state index in [1.54, 1.807) is 18.2 Å². The maximum atomic E-state index is 13.0. The maximum absolute atomic E-state index is 13.0. The van der Waals surface area contributed by atoms with Crippen molar-refractivity contribution in [1.29, 1.82) is 0 Å². The van der Waals surface area contributed by atoms with Crippen LogP contribution < -0.4 is 24.3 Å². The van der Waals surface area contributed by atoms with Crippen molar-refractivity contribution in [2.45, 2.75) is 12.3 Å². The van der Waals surface area contributed by atoms with Crippen LogP contribution in [0.4, 0.5) is 13.2 Å². The molecule has 3 aromatic rings. The number of ether oxygens (including phenoxy) is 4. The fourth-order valence-electron chi connectivity index (χ4n) is 3.13. The molecule has 4 rings (SSSR count). The number of benzene rings is 2. The smallest absolute Gasteiger partial charge is 0.416 e. The van der Waals surface area contributed by atoms with Crippen LogP contribution in [0.5, 0.6) is 23.0 Å². The summed E-state index contributed by atoms with van der Waals surface area (Å²) in [6, 6.07) is 9.46. The van der Waals surface area contributed by atoms with E-state index in [0.717, 1.165) is 16.8 Å². The molecule has 2 heterocycles. The van der Waals surface area contributed by atoms with Gasteiger partial charge >= 0.3 is 6.18 Å². The van der Waals surface area contributed by atoms with Crippen molar-refractivity contribution in [3.05, 3.63) is 59.9 Å². The van der Waals surface area contributed by atoms with Gasteiger partial charge in [0.05, 0.1) is 24.6 Å². The van der Waals surface area contributed by atoms with Crippen LogP contribution >= 0.6 is 0 Å². The SMILES string of the molecule is COc1cn(-c2cccc(C(F)(F)F)c2)nc1C(=O)NCC(O)COc1ccc2c(c1)OCO2. The van der Waals surface area contributed by atoms with E-state index in [1.165, 1.54) is 25.4 Å². The first kappa shape index (κ1) is 23.2. The number of halogens is 3. The highest BCUT2D eigenvalue weighted by Gasteiger charge is 2.31. The Bertz CT molecular complexity index is 1180. The monoisotopic (exact) mass is 479 g/mol. The molecule has 0 aliphatic carbocycles. The second-order valence-electron chi connectivity index (χ2n) is 7.23. The molecule has 0 radical (unpaired) electrons. The Morgan fingerprint density at radius 1 is 1.24 bits per heavy atom. The van der Waals surface area contributed by atoms with Crippen molar-refractivity contribution < 1.29 is 42.0 Å². The number of aliphatic hydroxyl groups is 1. The zero-order chi connectivity index (χ0) is 24.3. The topological polar surface area (TPSA) is 104 Å². The van der Waals surface area contributed by atoms with Gasteiger partial charge in [0, 0.05) is 12.6 Å². The van der Waals surface area contributed by atoms with Crippen molar-refractivity contribution in [3.8, 4) is 28.7 Å². The van der Waals surface area contributed by atoms with Crippen LogP contribution in [-0.4, -0.2) is 54.0 Å². The Kier molecular flexibility index (Phi) is 6.50. The number of hydrogen-bond acceptors (Lipinski definition) is 7. The lowest BCUT2D eigenvalue weighted by Crippen LogP contribution is -2.35. The molecule has 34 heavy (non-hydrogen) atoms. The van der Waals surface area contributed by atoms with Crippen molar-refractivity contribution in [2.75, 3.05) is 27.1 Å². The second kappa shape index (κ2) is 9.51. The molecule has 9 nitrogen and oxygen atoms in total. The Labute approximate surface area is 191 Å². The molecule has 1 aliphatic heterocycles. The number of carbonyl (C=O) groups is 1. The fourth-order valence-corrected chi connectivity index (χ4v) is 3.13. The Morgan fingerprint density at radius 2 is 2.03 bits per heavy atom. The van der Waals surface area contributed by atoms with Crippen molar-refractivity contribution in [3.63, 3.8) is 0 Å². The highest BCUT2D eigenvalue weighted by Crippen LogP contribution is 2.35. The minimum atomic E-state index is -4.52. The van der Waals surface area contributed by atoms with Crippen LogP contribution in [0.2, 0.25) is 0 Å². The summed E-state index contributed by atoms with van der Waals surface area (Å²) in [7, 11) is 1.30. The lowest BCUT2D eigenvalue weighted by molar-refractivity contribution is -0.137. The van der Waals surface area contributed by atoms with Crippen molar-refractivity contribution in [2.24, 2.45) is 0 Å². The van der Waals surface area contributed by atoms with Crippen molar-refractivity contribution in [1.82, 2.24) is 15.1 Å². The zero-order valence-electron chi connectivity index (χ0n) is 17.8. The zero-order valence-corrected chi connectivity index (χ0v) is 17.8. The molecule has 0 spiro atoms. The van der Waals surface area contributed by atoms with Crippen LogP contribution in [0.25, 0.3) is 5.69 Å². The molecule has 1 aromatic heterocycles. The van der Waals surface area contributed by atoms with E-state index in [2.05, 4.69) is 10.4 Å². The van der Waals surface area contributed by atoms with Gasteiger partial charge in [-0.05, 0) is 30.3 Å². The number of aliphatic hydroxyl groups excluding tert-OH is 1. The van der Waals surface area contributed by atoms with Gasteiger partial charge in [-0.25, -0.2) is 4.68 Å². The minimum absolute atomic E-state index is 0.0565. The van der Waals surface area contributed by atoms with Gasteiger partial charge in [0.2, 0.25) is 6.79 Å². The molecule has 1 aliphatic rings. The van der Waals surface area contributed by atoms with Crippen LogP contribution in [0.3, 0.4) is 0 Å². The predicted molar refractivity (Wildman–Crippen MR) is 112 cm³/mol. The van der Waals surface area contributed by atoms with E-state index in [0.29, 0.717) is 17.2 Å². The molecular formula is C22H20F3N3O6. The van der Waals surface area contributed by atoms with E-state index < -0.39 is 23.8 Å². The summed E-state index contributed by atoms with van der Waals surface area (Å²) < 4.78 is 61.2. The highest BCUT2D eigenvalue weighted by atomic mass is 19.4. The van der Waals surface area contributed by atoms with Gasteiger partial charge in [0.25, 0.3) is 5.91 Å². The molecule has 0 fully saturated rings. The number of methoxy groups -OCH3 is 1. The quantitative estimate of drug-likeness (QED) is 0.512. The third-order valence-electron chi connectivity index (χ3n) is 4.84. The summed E-state index contributed by atoms with van der Waals surface area (Å²) >= 11 is 0. The summed E-state index contributed by atoms with van der Waals surface area (Å²) in [6.07, 6.45) is -4.28. The standard InChI is InChI=1S/C22H20F3N3O6/c1-31-19-10-28(14-4-2-3-13(7-14)22(23,24)25)27-20(19)21(30)26-9-15(29)11-32-16-5-6-17-18(8-16)34-12-33-17/h2-8,10,15,29H,9,11-12H2,1H3,(H,26,30). The van der Waals surface area contributed by atoms with Crippen LogP contribution in [0, 0.1) is 0 Å². The summed E-state index contributed by atoms with van der Waals surface area (Å²) in [5.74, 6) is 0.962. The Balaban J connectivity index is 1.37. The lowest BCUT2D eigenvalue weighted by Gasteiger charge is -2.13. The highest BCUT2D eigenvalue weighted by molar-refractivity contribution is 5.95. The van der Waals surface area contributed by atoms with Crippen LogP contribution in [-0.2, 0) is 6.18 Å².